The molecule has 154 valence electrons. The van der Waals surface area contributed by atoms with E-state index in [2.05, 4.69) is 0 Å². The van der Waals surface area contributed by atoms with Crippen LogP contribution in [0.4, 0.5) is 0 Å². The van der Waals surface area contributed by atoms with Gasteiger partial charge in [-0.15, -0.1) is 11.8 Å². The van der Waals surface area contributed by atoms with Crippen LogP contribution in [-0.4, -0.2) is 55.3 Å². The molecule has 6 nitrogen and oxygen atoms in total. The van der Waals surface area contributed by atoms with Crippen molar-refractivity contribution < 1.29 is 23.8 Å². The molecular weight excluding hydrogens is 410 g/mol. The summed E-state index contributed by atoms with van der Waals surface area (Å²) in [6.07, 6.45) is 0. The zero-order valence-electron chi connectivity index (χ0n) is 16.5. The maximum absolute atomic E-state index is 12.5. The second kappa shape index (κ2) is 9.93. The molecule has 0 aromatic heterocycles. The summed E-state index contributed by atoms with van der Waals surface area (Å²) < 4.78 is 16.4. The fourth-order valence-corrected chi connectivity index (χ4v) is 5.18. The van der Waals surface area contributed by atoms with E-state index in [0.29, 0.717) is 40.9 Å². The third kappa shape index (κ3) is 4.64. The van der Waals surface area contributed by atoms with Crippen LogP contribution in [0.25, 0.3) is 0 Å². The van der Waals surface area contributed by atoms with Gasteiger partial charge in [-0.2, -0.15) is 0 Å². The van der Waals surface area contributed by atoms with Crippen LogP contribution in [0.2, 0.25) is 0 Å². The molecule has 29 heavy (non-hydrogen) atoms. The fraction of sp³-hybridized carbons (Fsp3) is 0.333. The predicted octanol–water partition coefficient (Wildman–Crippen LogP) is 3.86. The van der Waals surface area contributed by atoms with E-state index >= 15 is 0 Å². The van der Waals surface area contributed by atoms with Crippen LogP contribution in [0.5, 0.6) is 17.2 Å². The lowest BCUT2D eigenvalue weighted by Crippen LogP contribution is -2.30. The Morgan fingerprint density at radius 2 is 1.79 bits per heavy atom. The summed E-state index contributed by atoms with van der Waals surface area (Å²) in [6, 6.07) is 12.9. The predicted molar refractivity (Wildman–Crippen MR) is 116 cm³/mol. The largest absolute Gasteiger partial charge is 0.493 e. The minimum Gasteiger partial charge on any atom is -0.493 e. The van der Waals surface area contributed by atoms with Crippen LogP contribution in [0.3, 0.4) is 0 Å². The maximum atomic E-state index is 12.5. The van der Waals surface area contributed by atoms with E-state index in [9.17, 15) is 9.59 Å². The number of benzene rings is 2. The molecule has 3 rings (SSSR count). The van der Waals surface area contributed by atoms with E-state index in [1.165, 1.54) is 23.5 Å². The maximum Gasteiger partial charge on any atom is 0.233 e. The monoisotopic (exact) mass is 433 g/mol. The molecule has 0 bridgehead atoms. The molecule has 2 aromatic carbocycles. The highest BCUT2D eigenvalue weighted by molar-refractivity contribution is 8.14. The minimum absolute atomic E-state index is 0.00477. The third-order valence-corrected chi connectivity index (χ3v) is 6.67. The standard InChI is InChI=1S/C21H23NO5S2/c1-25-16-10-9-15(18(26-2)19(16)27-3)20-22(17(23)13-29-20)11-12-28-21(24)14-7-5-4-6-8-14/h4-10,20H,11-13H2,1-3H3. The summed E-state index contributed by atoms with van der Waals surface area (Å²) in [5.41, 5.74) is 1.51. The summed E-state index contributed by atoms with van der Waals surface area (Å²) >= 11 is 2.76. The van der Waals surface area contributed by atoms with Crippen molar-refractivity contribution in [3.05, 3.63) is 53.6 Å². The van der Waals surface area contributed by atoms with Gasteiger partial charge in [0.05, 0.1) is 27.1 Å². The summed E-state index contributed by atoms with van der Waals surface area (Å²) in [5.74, 6) is 2.58. The number of carbonyl (C=O) groups is 2. The Morgan fingerprint density at radius 3 is 2.45 bits per heavy atom. The summed E-state index contributed by atoms with van der Waals surface area (Å²) in [6.45, 7) is 0.469. The van der Waals surface area contributed by atoms with Gasteiger partial charge in [0.2, 0.25) is 16.8 Å². The Labute approximate surface area is 178 Å². The van der Waals surface area contributed by atoms with E-state index in [-0.39, 0.29) is 16.4 Å². The second-order valence-corrected chi connectivity index (χ2v) is 8.31. The molecule has 2 aromatic rings. The molecule has 0 spiro atoms. The van der Waals surface area contributed by atoms with E-state index in [1.54, 1.807) is 38.4 Å². The van der Waals surface area contributed by atoms with Gasteiger partial charge in [-0.1, -0.05) is 42.1 Å². The van der Waals surface area contributed by atoms with Gasteiger partial charge in [0.25, 0.3) is 0 Å². The zero-order valence-corrected chi connectivity index (χ0v) is 18.2. The molecule has 1 fully saturated rings. The van der Waals surface area contributed by atoms with Gasteiger partial charge in [0.15, 0.2) is 11.5 Å². The lowest BCUT2D eigenvalue weighted by Gasteiger charge is -2.26. The van der Waals surface area contributed by atoms with Crippen molar-refractivity contribution in [3.63, 3.8) is 0 Å². The number of amides is 1. The molecule has 1 atom stereocenters. The molecule has 0 N–H and O–H groups in total. The number of hydrogen-bond acceptors (Lipinski definition) is 7. The molecule has 1 unspecified atom stereocenters. The minimum atomic E-state index is -0.204. The third-order valence-electron chi connectivity index (χ3n) is 4.54. The first-order valence-corrected chi connectivity index (χ1v) is 11.1. The fourth-order valence-electron chi connectivity index (χ4n) is 3.17. The molecule has 8 heteroatoms. The van der Waals surface area contributed by atoms with Crippen LogP contribution in [-0.2, 0) is 4.79 Å². The summed E-state index contributed by atoms with van der Waals surface area (Å²) in [4.78, 5) is 26.6. The van der Waals surface area contributed by atoms with E-state index in [0.717, 1.165) is 5.56 Å². The molecule has 1 aliphatic heterocycles. The normalized spacial score (nSPS) is 16.0. The van der Waals surface area contributed by atoms with Crippen LogP contribution >= 0.6 is 23.5 Å². The average molecular weight is 434 g/mol. The van der Waals surface area contributed by atoms with Crippen molar-refractivity contribution in [2.45, 2.75) is 5.37 Å². The van der Waals surface area contributed by atoms with Crippen LogP contribution < -0.4 is 14.2 Å². The molecule has 1 amide bonds. The van der Waals surface area contributed by atoms with Crippen molar-refractivity contribution in [1.29, 1.82) is 0 Å². The quantitative estimate of drug-likeness (QED) is 0.626. The highest BCUT2D eigenvalue weighted by Gasteiger charge is 2.35. The number of rotatable bonds is 8. The molecule has 0 aliphatic carbocycles. The molecular formula is C21H23NO5S2. The first kappa shape index (κ1) is 21.4. The molecule has 0 radical (unpaired) electrons. The lowest BCUT2D eigenvalue weighted by atomic mass is 10.1. The van der Waals surface area contributed by atoms with Gasteiger partial charge >= 0.3 is 0 Å². The Morgan fingerprint density at radius 1 is 1.07 bits per heavy atom. The smallest absolute Gasteiger partial charge is 0.233 e. The zero-order chi connectivity index (χ0) is 20.8. The summed E-state index contributed by atoms with van der Waals surface area (Å²) in [5, 5.41) is -0.199. The highest BCUT2D eigenvalue weighted by atomic mass is 32.2. The van der Waals surface area contributed by atoms with Crippen LogP contribution in [0, 0.1) is 0 Å². The second-order valence-electron chi connectivity index (χ2n) is 6.18. The van der Waals surface area contributed by atoms with Gasteiger partial charge in [-0.3, -0.25) is 9.59 Å². The van der Waals surface area contributed by atoms with Crippen LogP contribution in [0.1, 0.15) is 21.3 Å². The number of hydrogen-bond donors (Lipinski definition) is 0. The van der Waals surface area contributed by atoms with Gasteiger partial charge in [0.1, 0.15) is 5.37 Å². The van der Waals surface area contributed by atoms with Crippen LogP contribution in [0.15, 0.2) is 42.5 Å². The van der Waals surface area contributed by atoms with E-state index in [1.807, 2.05) is 30.3 Å². The summed E-state index contributed by atoms with van der Waals surface area (Å²) in [7, 11) is 4.69. The van der Waals surface area contributed by atoms with Gasteiger partial charge < -0.3 is 19.1 Å². The van der Waals surface area contributed by atoms with Crippen molar-refractivity contribution >= 4 is 34.5 Å². The highest BCUT2D eigenvalue weighted by Crippen LogP contribution is 2.48. The molecule has 1 aliphatic rings. The lowest BCUT2D eigenvalue weighted by molar-refractivity contribution is -0.127. The number of carbonyl (C=O) groups excluding carboxylic acids is 2. The first-order valence-electron chi connectivity index (χ1n) is 9.02. The Kier molecular flexibility index (Phi) is 7.33. The topological polar surface area (TPSA) is 65.1 Å². The van der Waals surface area contributed by atoms with E-state index in [4.69, 9.17) is 14.2 Å². The number of thioether (sulfide) groups is 2. The average Bonchev–Trinajstić information content (AvgIpc) is 3.13. The van der Waals surface area contributed by atoms with Gasteiger partial charge in [0, 0.05) is 23.4 Å². The first-order chi connectivity index (χ1) is 14.1. The Bertz CT molecular complexity index is 875. The molecule has 0 saturated carbocycles. The van der Waals surface area contributed by atoms with Gasteiger partial charge in [-0.05, 0) is 12.1 Å². The van der Waals surface area contributed by atoms with E-state index < -0.39 is 0 Å². The van der Waals surface area contributed by atoms with Crippen molar-refractivity contribution in [1.82, 2.24) is 4.90 Å². The number of nitrogens with zero attached hydrogens (tertiary/aromatic N) is 1. The van der Waals surface area contributed by atoms with Crippen molar-refractivity contribution in [2.75, 3.05) is 39.4 Å². The molecule has 1 heterocycles. The Hall–Kier alpha value is -2.32. The molecule has 1 saturated heterocycles. The van der Waals surface area contributed by atoms with Crippen molar-refractivity contribution in [3.8, 4) is 17.2 Å². The van der Waals surface area contributed by atoms with Crippen molar-refractivity contribution in [2.24, 2.45) is 0 Å². The number of ether oxygens (including phenoxy) is 3. The van der Waals surface area contributed by atoms with Gasteiger partial charge in [-0.25, -0.2) is 0 Å². The number of methoxy groups -OCH3 is 3. The Balaban J connectivity index is 1.75. The SMILES string of the molecule is COc1ccc(C2SCC(=O)N2CCSC(=O)c2ccccc2)c(OC)c1OC.